The predicted octanol–water partition coefficient (Wildman–Crippen LogP) is 2.57. The fourth-order valence-corrected chi connectivity index (χ4v) is 4.46. The van der Waals surface area contributed by atoms with E-state index in [1.54, 1.807) is 0 Å². The quantitative estimate of drug-likeness (QED) is 0.833. The molecule has 2 fully saturated rings. The summed E-state index contributed by atoms with van der Waals surface area (Å²) < 4.78 is 0. The lowest BCUT2D eigenvalue weighted by Crippen LogP contribution is -2.41. The Morgan fingerprint density at radius 1 is 1.20 bits per heavy atom. The number of H-pyrrole nitrogens is 1. The van der Waals surface area contributed by atoms with Gasteiger partial charge in [-0.3, -0.25) is 0 Å². The highest BCUT2D eigenvalue weighted by Crippen LogP contribution is 2.49. The van der Waals surface area contributed by atoms with Crippen LogP contribution in [0.15, 0.2) is 30.5 Å². The Morgan fingerprint density at radius 3 is 2.85 bits per heavy atom. The summed E-state index contributed by atoms with van der Waals surface area (Å²) in [6.07, 6.45) is 4.88. The average molecular weight is 269 g/mol. The molecule has 1 aromatic heterocycles. The maximum absolute atomic E-state index is 3.53. The van der Waals surface area contributed by atoms with Gasteiger partial charge in [-0.1, -0.05) is 18.2 Å². The van der Waals surface area contributed by atoms with Gasteiger partial charge >= 0.3 is 0 Å². The number of hydrogen-bond donors (Lipinski definition) is 2. The lowest BCUT2D eigenvalue weighted by Gasteiger charge is -2.38. The number of rotatable bonds is 1. The van der Waals surface area contributed by atoms with Crippen molar-refractivity contribution >= 4 is 10.9 Å². The first-order chi connectivity index (χ1) is 9.78. The SMILES string of the molecule is CN1CC(c2c[nH]c3ccccc23)C2(CCNCC2)C1. The zero-order valence-electron chi connectivity index (χ0n) is 12.2. The van der Waals surface area contributed by atoms with Crippen molar-refractivity contribution in [2.45, 2.75) is 18.8 Å². The third kappa shape index (κ3) is 1.80. The number of benzene rings is 1. The van der Waals surface area contributed by atoms with Crippen molar-refractivity contribution in [1.29, 1.82) is 0 Å². The number of fused-ring (bicyclic) bond motifs is 1. The zero-order valence-corrected chi connectivity index (χ0v) is 12.2. The summed E-state index contributed by atoms with van der Waals surface area (Å²) in [6.45, 7) is 4.79. The van der Waals surface area contributed by atoms with E-state index in [0.29, 0.717) is 11.3 Å². The van der Waals surface area contributed by atoms with E-state index in [2.05, 4.69) is 52.7 Å². The first-order valence-electron chi connectivity index (χ1n) is 7.74. The summed E-state index contributed by atoms with van der Waals surface area (Å²) in [5, 5.41) is 4.95. The second-order valence-corrected chi connectivity index (χ2v) is 6.65. The molecule has 2 N–H and O–H groups in total. The number of aromatic amines is 1. The van der Waals surface area contributed by atoms with E-state index in [4.69, 9.17) is 0 Å². The number of aromatic nitrogens is 1. The number of piperidine rings is 1. The summed E-state index contributed by atoms with van der Waals surface area (Å²) in [7, 11) is 2.28. The third-order valence-corrected chi connectivity index (χ3v) is 5.41. The van der Waals surface area contributed by atoms with Crippen molar-refractivity contribution in [3.8, 4) is 0 Å². The highest BCUT2D eigenvalue weighted by atomic mass is 15.1. The molecule has 1 atom stereocenters. The molecule has 106 valence electrons. The first kappa shape index (κ1) is 12.4. The Hall–Kier alpha value is -1.32. The summed E-state index contributed by atoms with van der Waals surface area (Å²) in [5.74, 6) is 0.672. The topological polar surface area (TPSA) is 31.1 Å². The minimum absolute atomic E-state index is 0.477. The van der Waals surface area contributed by atoms with Gasteiger partial charge in [0.1, 0.15) is 0 Å². The fourth-order valence-electron chi connectivity index (χ4n) is 4.46. The Morgan fingerprint density at radius 2 is 2.00 bits per heavy atom. The molecular weight excluding hydrogens is 246 g/mol. The van der Waals surface area contributed by atoms with Gasteiger partial charge in [-0.05, 0) is 50.0 Å². The number of para-hydroxylation sites is 1. The van der Waals surface area contributed by atoms with E-state index in [1.165, 1.54) is 55.5 Å². The van der Waals surface area contributed by atoms with Gasteiger partial charge in [-0.25, -0.2) is 0 Å². The molecule has 3 heteroatoms. The number of likely N-dealkylation sites (N-methyl/N-ethyl adjacent to an activating group) is 1. The lowest BCUT2D eigenvalue weighted by molar-refractivity contribution is 0.188. The van der Waals surface area contributed by atoms with Gasteiger partial charge in [-0.2, -0.15) is 0 Å². The van der Waals surface area contributed by atoms with E-state index in [9.17, 15) is 0 Å². The number of likely N-dealkylation sites (tertiary alicyclic amines) is 1. The number of nitrogens with one attached hydrogen (secondary N) is 2. The van der Waals surface area contributed by atoms with Crippen LogP contribution < -0.4 is 5.32 Å². The monoisotopic (exact) mass is 269 g/mol. The summed E-state index contributed by atoms with van der Waals surface area (Å²) >= 11 is 0. The molecule has 4 rings (SSSR count). The van der Waals surface area contributed by atoms with E-state index < -0.39 is 0 Å². The Labute approximate surface area is 120 Å². The van der Waals surface area contributed by atoms with Gasteiger partial charge in [0.15, 0.2) is 0 Å². The second-order valence-electron chi connectivity index (χ2n) is 6.65. The standard InChI is InChI=1S/C17H23N3/c1-20-11-15(17(12-20)6-8-18-9-7-17)14-10-19-16-5-3-2-4-13(14)16/h2-5,10,15,18-19H,6-9,11-12H2,1H3. The molecule has 3 heterocycles. The molecule has 2 aliphatic rings. The third-order valence-electron chi connectivity index (χ3n) is 5.41. The van der Waals surface area contributed by atoms with E-state index in [-0.39, 0.29) is 0 Å². The first-order valence-corrected chi connectivity index (χ1v) is 7.74. The van der Waals surface area contributed by atoms with Crippen molar-refractivity contribution in [3.05, 3.63) is 36.0 Å². The molecule has 1 aromatic carbocycles. The number of nitrogens with zero attached hydrogens (tertiary/aromatic N) is 1. The smallest absolute Gasteiger partial charge is 0.0456 e. The molecule has 0 saturated carbocycles. The van der Waals surface area contributed by atoms with Gasteiger partial charge in [0.2, 0.25) is 0 Å². The maximum atomic E-state index is 3.53. The second kappa shape index (κ2) is 4.61. The minimum atomic E-state index is 0.477. The van der Waals surface area contributed by atoms with Crippen LogP contribution in [0, 0.1) is 5.41 Å². The van der Waals surface area contributed by atoms with Crippen LogP contribution in [0.2, 0.25) is 0 Å². The molecule has 1 unspecified atom stereocenters. The average Bonchev–Trinajstić information content (AvgIpc) is 3.01. The molecule has 0 bridgehead atoms. The van der Waals surface area contributed by atoms with Crippen molar-refractivity contribution in [2.75, 3.05) is 33.2 Å². The molecule has 1 spiro atoms. The van der Waals surface area contributed by atoms with Crippen molar-refractivity contribution < 1.29 is 0 Å². The summed E-state index contributed by atoms with van der Waals surface area (Å²) in [5.41, 5.74) is 3.29. The molecule has 20 heavy (non-hydrogen) atoms. The van der Waals surface area contributed by atoms with Crippen LogP contribution in [0.4, 0.5) is 0 Å². The van der Waals surface area contributed by atoms with Crippen LogP contribution in [-0.4, -0.2) is 43.1 Å². The molecular formula is C17H23N3. The van der Waals surface area contributed by atoms with Gasteiger partial charge in [0.25, 0.3) is 0 Å². The van der Waals surface area contributed by atoms with Crippen molar-refractivity contribution in [1.82, 2.24) is 15.2 Å². The molecule has 2 aliphatic heterocycles. The van der Waals surface area contributed by atoms with E-state index in [1.807, 2.05) is 0 Å². The minimum Gasteiger partial charge on any atom is -0.361 e. The molecule has 2 saturated heterocycles. The number of hydrogen-bond acceptors (Lipinski definition) is 2. The summed E-state index contributed by atoms with van der Waals surface area (Å²) in [6, 6.07) is 8.73. The Balaban J connectivity index is 1.79. The van der Waals surface area contributed by atoms with Gasteiger partial charge in [0.05, 0.1) is 0 Å². The van der Waals surface area contributed by atoms with Gasteiger partial charge in [-0.15, -0.1) is 0 Å². The van der Waals surface area contributed by atoms with Crippen LogP contribution in [-0.2, 0) is 0 Å². The van der Waals surface area contributed by atoms with E-state index >= 15 is 0 Å². The fraction of sp³-hybridized carbons (Fsp3) is 0.529. The molecule has 0 amide bonds. The highest BCUT2D eigenvalue weighted by molar-refractivity contribution is 5.83. The van der Waals surface area contributed by atoms with Crippen molar-refractivity contribution in [2.24, 2.45) is 5.41 Å². The van der Waals surface area contributed by atoms with Gasteiger partial charge < -0.3 is 15.2 Å². The Bertz CT molecular complexity index is 609. The maximum Gasteiger partial charge on any atom is 0.0456 e. The van der Waals surface area contributed by atoms with Crippen LogP contribution in [0.25, 0.3) is 10.9 Å². The van der Waals surface area contributed by atoms with Crippen LogP contribution >= 0.6 is 0 Å². The van der Waals surface area contributed by atoms with Crippen LogP contribution in [0.1, 0.15) is 24.3 Å². The largest absolute Gasteiger partial charge is 0.361 e. The normalized spacial score (nSPS) is 26.6. The lowest BCUT2D eigenvalue weighted by atomic mass is 9.68. The zero-order chi connectivity index (χ0) is 13.6. The van der Waals surface area contributed by atoms with Crippen molar-refractivity contribution in [3.63, 3.8) is 0 Å². The van der Waals surface area contributed by atoms with E-state index in [0.717, 1.165) is 0 Å². The van der Waals surface area contributed by atoms with Gasteiger partial charge in [0, 0.05) is 36.1 Å². The van der Waals surface area contributed by atoms with Crippen LogP contribution in [0.5, 0.6) is 0 Å². The molecule has 2 aromatic rings. The summed E-state index contributed by atoms with van der Waals surface area (Å²) in [4.78, 5) is 5.99. The highest BCUT2D eigenvalue weighted by Gasteiger charge is 2.46. The molecule has 3 nitrogen and oxygen atoms in total. The molecule has 0 radical (unpaired) electrons. The van der Waals surface area contributed by atoms with Crippen LogP contribution in [0.3, 0.4) is 0 Å². The Kier molecular flexibility index (Phi) is 2.86. The predicted molar refractivity (Wildman–Crippen MR) is 83.1 cm³/mol. The molecule has 0 aliphatic carbocycles.